The molecule has 128 valence electrons. The second-order valence-electron chi connectivity index (χ2n) is 7.84. The van der Waals surface area contributed by atoms with E-state index in [9.17, 15) is 0 Å². The van der Waals surface area contributed by atoms with Crippen LogP contribution in [0.1, 0.15) is 84.0 Å². The molecule has 23 heavy (non-hydrogen) atoms. The highest BCUT2D eigenvalue weighted by Crippen LogP contribution is 2.35. The maximum Gasteiger partial charge on any atom is 0.0908 e. The van der Waals surface area contributed by atoms with Gasteiger partial charge in [-0.3, -0.25) is 0 Å². The average molecular weight is 314 g/mol. The van der Waals surface area contributed by atoms with Gasteiger partial charge in [-0.2, -0.15) is 5.26 Å². The zero-order chi connectivity index (χ0) is 16.3. The molecule has 0 N–H and O–H groups in total. The second kappa shape index (κ2) is 10.7. The number of nitriles is 1. The molecule has 1 nitrogen and oxygen atoms in total. The van der Waals surface area contributed by atoms with Gasteiger partial charge in [0.1, 0.15) is 0 Å². The van der Waals surface area contributed by atoms with Crippen LogP contribution in [0, 0.1) is 35.0 Å². The largest absolute Gasteiger partial charge is 0.193 e. The summed E-state index contributed by atoms with van der Waals surface area (Å²) in [6.07, 6.45) is 25.3. The highest BCUT2D eigenvalue weighted by molar-refractivity contribution is 5.01. The first kappa shape index (κ1) is 18.3. The lowest BCUT2D eigenvalue weighted by molar-refractivity contribution is 0.286. The Morgan fingerprint density at radius 3 is 1.83 bits per heavy atom. The van der Waals surface area contributed by atoms with Gasteiger partial charge in [0.2, 0.25) is 0 Å². The van der Waals surface area contributed by atoms with E-state index >= 15 is 0 Å². The summed E-state index contributed by atoms with van der Waals surface area (Å²) in [6, 6.07) is 2.08. The number of nitrogens with zero attached hydrogens (tertiary/aromatic N) is 1. The van der Waals surface area contributed by atoms with Crippen LogP contribution in [0.5, 0.6) is 0 Å². The first-order valence-corrected chi connectivity index (χ1v) is 10.0. The van der Waals surface area contributed by atoms with Crippen LogP contribution in [-0.2, 0) is 0 Å². The van der Waals surface area contributed by atoms with E-state index in [4.69, 9.17) is 5.26 Å². The van der Waals surface area contributed by atoms with Crippen molar-refractivity contribution < 1.29 is 0 Å². The summed E-state index contributed by atoms with van der Waals surface area (Å²) in [5.74, 6) is 3.63. The van der Waals surface area contributed by atoms with Gasteiger partial charge in [0.25, 0.3) is 0 Å². The third-order valence-electron chi connectivity index (χ3n) is 6.07. The van der Waals surface area contributed by atoms with Crippen molar-refractivity contribution in [2.45, 2.75) is 84.0 Å². The minimum atomic E-state index is 0.842. The molecule has 0 saturated heterocycles. The van der Waals surface area contributed by atoms with Crippen LogP contribution in [0.4, 0.5) is 0 Å². The van der Waals surface area contributed by atoms with Gasteiger partial charge >= 0.3 is 0 Å². The molecular formula is C22H35N. The van der Waals surface area contributed by atoms with Gasteiger partial charge in [-0.25, -0.2) is 0 Å². The van der Waals surface area contributed by atoms with Crippen LogP contribution in [0.2, 0.25) is 0 Å². The van der Waals surface area contributed by atoms with Gasteiger partial charge in [-0.15, -0.1) is 0 Å². The minimum absolute atomic E-state index is 0.842. The third kappa shape index (κ3) is 6.94. The van der Waals surface area contributed by atoms with E-state index in [1.165, 1.54) is 70.6 Å². The average Bonchev–Trinajstić information content (AvgIpc) is 2.59. The van der Waals surface area contributed by atoms with Crippen molar-refractivity contribution in [3.8, 4) is 6.07 Å². The first-order valence-electron chi connectivity index (χ1n) is 10.0. The van der Waals surface area contributed by atoms with E-state index in [0.29, 0.717) is 0 Å². The SMILES string of the molecule is CCC[C@H]1CC[C@H](/C=C/C2CCC(CCC=CC#N)CC2)CC1. The van der Waals surface area contributed by atoms with E-state index in [0.717, 1.165) is 30.1 Å². The minimum Gasteiger partial charge on any atom is -0.193 e. The Morgan fingerprint density at radius 1 is 0.826 bits per heavy atom. The standard InChI is InChI=1S/C22H35N/c1-2-6-19-8-12-21(13-9-19)16-17-22-14-10-20(11-15-22)7-4-3-5-18-23/h3,5,16-17,19-22H,2,4,6-15H2,1H3/b5-3?,17-16+/t19-,20?,21-,22?. The Hall–Kier alpha value is -1.03. The molecule has 0 heterocycles. The van der Waals surface area contributed by atoms with Crippen molar-refractivity contribution >= 4 is 0 Å². The number of hydrogen-bond acceptors (Lipinski definition) is 1. The van der Waals surface area contributed by atoms with Crippen molar-refractivity contribution in [3.63, 3.8) is 0 Å². The van der Waals surface area contributed by atoms with Crippen molar-refractivity contribution in [2.75, 3.05) is 0 Å². The smallest absolute Gasteiger partial charge is 0.0908 e. The lowest BCUT2D eigenvalue weighted by Crippen LogP contribution is -2.15. The summed E-state index contributed by atoms with van der Waals surface area (Å²) >= 11 is 0. The van der Waals surface area contributed by atoms with Gasteiger partial charge in [0, 0.05) is 6.08 Å². The first-order chi connectivity index (χ1) is 11.3. The quantitative estimate of drug-likeness (QED) is 0.374. The predicted octanol–water partition coefficient (Wildman–Crippen LogP) is 6.82. The van der Waals surface area contributed by atoms with Crippen LogP contribution < -0.4 is 0 Å². The van der Waals surface area contributed by atoms with Crippen LogP contribution in [0.3, 0.4) is 0 Å². The van der Waals surface area contributed by atoms with Crippen molar-refractivity contribution in [3.05, 3.63) is 24.3 Å². The highest BCUT2D eigenvalue weighted by atomic mass is 14.3. The number of hydrogen-bond donors (Lipinski definition) is 0. The lowest BCUT2D eigenvalue weighted by Gasteiger charge is -2.28. The molecule has 2 fully saturated rings. The van der Waals surface area contributed by atoms with E-state index in [-0.39, 0.29) is 0 Å². The predicted molar refractivity (Wildman–Crippen MR) is 98.9 cm³/mol. The molecule has 2 saturated carbocycles. The lowest BCUT2D eigenvalue weighted by atomic mass is 9.77. The van der Waals surface area contributed by atoms with E-state index in [2.05, 4.69) is 25.1 Å². The maximum absolute atomic E-state index is 8.50. The van der Waals surface area contributed by atoms with Crippen LogP contribution in [-0.4, -0.2) is 0 Å². The highest BCUT2D eigenvalue weighted by Gasteiger charge is 2.21. The molecule has 0 unspecified atom stereocenters. The van der Waals surface area contributed by atoms with Crippen LogP contribution in [0.15, 0.2) is 24.3 Å². The Labute approximate surface area is 143 Å². The normalized spacial score (nSPS) is 32.3. The summed E-state index contributed by atoms with van der Waals surface area (Å²) in [4.78, 5) is 0. The molecule has 0 bridgehead atoms. The van der Waals surface area contributed by atoms with E-state index in [1.807, 2.05) is 6.08 Å². The molecule has 0 radical (unpaired) electrons. The molecule has 0 aromatic rings. The molecular weight excluding hydrogens is 278 g/mol. The second-order valence-corrected chi connectivity index (χ2v) is 7.84. The van der Waals surface area contributed by atoms with Gasteiger partial charge in [-0.05, 0) is 87.9 Å². The summed E-state index contributed by atoms with van der Waals surface area (Å²) in [5, 5.41) is 8.50. The van der Waals surface area contributed by atoms with Gasteiger partial charge in [-0.1, -0.05) is 38.0 Å². The maximum atomic E-state index is 8.50. The van der Waals surface area contributed by atoms with Gasteiger partial charge in [0.15, 0.2) is 0 Å². The molecule has 2 aliphatic carbocycles. The Kier molecular flexibility index (Phi) is 8.51. The summed E-state index contributed by atoms with van der Waals surface area (Å²) in [6.45, 7) is 2.32. The van der Waals surface area contributed by atoms with E-state index in [1.54, 1.807) is 6.08 Å². The number of rotatable bonds is 7. The molecule has 2 rings (SSSR count). The molecule has 0 aromatic heterocycles. The van der Waals surface area contributed by atoms with Crippen LogP contribution in [0.25, 0.3) is 0 Å². The van der Waals surface area contributed by atoms with E-state index < -0.39 is 0 Å². The monoisotopic (exact) mass is 313 g/mol. The molecule has 0 aliphatic heterocycles. The fraction of sp³-hybridized carbons (Fsp3) is 0.773. The van der Waals surface area contributed by atoms with Crippen LogP contribution >= 0.6 is 0 Å². The Balaban J connectivity index is 1.61. The topological polar surface area (TPSA) is 23.8 Å². The molecule has 2 aliphatic rings. The molecule has 0 atom stereocenters. The summed E-state index contributed by atoms with van der Waals surface area (Å²) < 4.78 is 0. The van der Waals surface area contributed by atoms with Crippen molar-refractivity contribution in [1.29, 1.82) is 5.26 Å². The molecule has 0 spiro atoms. The fourth-order valence-corrected chi connectivity index (χ4v) is 4.53. The summed E-state index contributed by atoms with van der Waals surface area (Å²) in [5.41, 5.74) is 0. The Bertz CT molecular complexity index is 398. The third-order valence-corrected chi connectivity index (χ3v) is 6.07. The van der Waals surface area contributed by atoms with Gasteiger partial charge < -0.3 is 0 Å². The molecule has 0 amide bonds. The Morgan fingerprint density at radius 2 is 1.35 bits per heavy atom. The van der Waals surface area contributed by atoms with Crippen molar-refractivity contribution in [1.82, 2.24) is 0 Å². The van der Waals surface area contributed by atoms with Crippen molar-refractivity contribution in [2.24, 2.45) is 23.7 Å². The zero-order valence-electron chi connectivity index (χ0n) is 15.1. The zero-order valence-corrected chi connectivity index (χ0v) is 15.1. The molecule has 1 heteroatoms. The molecule has 0 aromatic carbocycles. The summed E-state index contributed by atoms with van der Waals surface area (Å²) in [7, 11) is 0. The number of allylic oxidation sites excluding steroid dienone is 4. The van der Waals surface area contributed by atoms with Gasteiger partial charge in [0.05, 0.1) is 6.07 Å². The fourth-order valence-electron chi connectivity index (χ4n) is 4.53.